The number of piperidine rings is 1. The number of hydrogen-bond acceptors (Lipinski definition) is 4. The number of hydrogen-bond donors (Lipinski definition) is 1. The predicted molar refractivity (Wildman–Crippen MR) is 55.3 cm³/mol. The monoisotopic (exact) mass is 214 g/mol. The molecular weight excluding hydrogens is 196 g/mol. The van der Waals surface area contributed by atoms with E-state index < -0.39 is 11.9 Å². The molecule has 5 heteroatoms. The van der Waals surface area contributed by atoms with E-state index in [0.717, 1.165) is 25.9 Å². The van der Waals surface area contributed by atoms with Crippen molar-refractivity contribution in [2.45, 2.75) is 25.8 Å². The summed E-state index contributed by atoms with van der Waals surface area (Å²) in [5, 5.41) is 3.22. The minimum absolute atomic E-state index is 0.169. The maximum atomic E-state index is 11.6. The van der Waals surface area contributed by atoms with E-state index in [9.17, 15) is 9.59 Å². The van der Waals surface area contributed by atoms with Crippen molar-refractivity contribution >= 4 is 11.9 Å². The Bertz CT molecular complexity index is 237. The molecule has 0 aliphatic carbocycles. The Balaban J connectivity index is 2.60. The normalized spacial score (nSPS) is 17.2. The molecule has 0 spiro atoms. The number of rotatable bonds is 2. The molecule has 0 atom stereocenters. The number of nitrogens with zero attached hydrogens (tertiary/aromatic N) is 1. The first kappa shape index (κ1) is 12.0. The van der Waals surface area contributed by atoms with Crippen LogP contribution >= 0.6 is 0 Å². The molecule has 1 rings (SSSR count). The van der Waals surface area contributed by atoms with Crippen LogP contribution in [0, 0.1) is 0 Å². The van der Waals surface area contributed by atoms with Crippen LogP contribution < -0.4 is 5.32 Å². The lowest BCUT2D eigenvalue weighted by Crippen LogP contribution is -2.48. The van der Waals surface area contributed by atoms with E-state index >= 15 is 0 Å². The van der Waals surface area contributed by atoms with Gasteiger partial charge in [0.05, 0.1) is 7.11 Å². The fraction of sp³-hybridized carbons (Fsp3) is 0.800. The smallest absolute Gasteiger partial charge is 0.396 e. The highest BCUT2D eigenvalue weighted by molar-refractivity contribution is 6.32. The van der Waals surface area contributed by atoms with Gasteiger partial charge in [0.15, 0.2) is 0 Å². The van der Waals surface area contributed by atoms with Crippen LogP contribution in [-0.4, -0.2) is 49.6 Å². The molecule has 1 fully saturated rings. The zero-order valence-electron chi connectivity index (χ0n) is 9.28. The first-order valence-electron chi connectivity index (χ1n) is 5.30. The summed E-state index contributed by atoms with van der Waals surface area (Å²) in [6, 6.07) is 0.169. The minimum atomic E-state index is -0.768. The summed E-state index contributed by atoms with van der Waals surface area (Å²) >= 11 is 0. The number of ether oxygens (including phenoxy) is 1. The van der Waals surface area contributed by atoms with Crippen molar-refractivity contribution in [3.63, 3.8) is 0 Å². The molecule has 0 saturated carbocycles. The van der Waals surface area contributed by atoms with Gasteiger partial charge in [0.1, 0.15) is 0 Å². The van der Waals surface area contributed by atoms with Crippen LogP contribution in [0.15, 0.2) is 0 Å². The Kier molecular flexibility index (Phi) is 4.55. The predicted octanol–water partition coefficient (Wildman–Crippen LogP) is -0.240. The highest BCUT2D eigenvalue weighted by Crippen LogP contribution is 2.12. The Hall–Kier alpha value is -1.10. The van der Waals surface area contributed by atoms with Gasteiger partial charge < -0.3 is 15.0 Å². The highest BCUT2D eigenvalue weighted by atomic mass is 16.5. The van der Waals surface area contributed by atoms with Gasteiger partial charge in [-0.3, -0.25) is 4.79 Å². The van der Waals surface area contributed by atoms with E-state index in [-0.39, 0.29) is 6.04 Å². The van der Waals surface area contributed by atoms with Gasteiger partial charge in [-0.15, -0.1) is 0 Å². The minimum Gasteiger partial charge on any atom is -0.462 e. The molecule has 0 aromatic heterocycles. The first-order valence-corrected chi connectivity index (χ1v) is 5.30. The standard InChI is InChI=1S/C10H18N2O3/c1-3-12(9(13)10(14)15-2)8-4-6-11-7-5-8/h8,11H,3-7H2,1-2H3. The molecule has 1 aliphatic rings. The van der Waals surface area contributed by atoms with E-state index in [1.54, 1.807) is 4.90 Å². The molecule has 1 N–H and O–H groups in total. The summed E-state index contributed by atoms with van der Waals surface area (Å²) in [5.74, 6) is -1.29. The van der Waals surface area contributed by atoms with Gasteiger partial charge in [0, 0.05) is 12.6 Å². The number of esters is 1. The Morgan fingerprint density at radius 1 is 1.40 bits per heavy atom. The van der Waals surface area contributed by atoms with E-state index in [2.05, 4.69) is 10.1 Å². The van der Waals surface area contributed by atoms with Crippen molar-refractivity contribution < 1.29 is 14.3 Å². The number of methoxy groups -OCH3 is 1. The number of carbonyl (C=O) groups excluding carboxylic acids is 2. The Morgan fingerprint density at radius 2 is 2.00 bits per heavy atom. The van der Waals surface area contributed by atoms with Crippen molar-refractivity contribution in [3.05, 3.63) is 0 Å². The van der Waals surface area contributed by atoms with Crippen molar-refractivity contribution in [2.24, 2.45) is 0 Å². The number of carbonyl (C=O) groups is 2. The lowest BCUT2D eigenvalue weighted by atomic mass is 10.0. The SMILES string of the molecule is CCN(C(=O)C(=O)OC)C1CCNCC1. The molecule has 1 amide bonds. The quantitative estimate of drug-likeness (QED) is 0.509. The van der Waals surface area contributed by atoms with Crippen LogP contribution in [0.5, 0.6) is 0 Å². The molecule has 15 heavy (non-hydrogen) atoms. The van der Waals surface area contributed by atoms with E-state index in [0.29, 0.717) is 6.54 Å². The fourth-order valence-corrected chi connectivity index (χ4v) is 1.89. The molecule has 0 aromatic rings. The second-order valence-electron chi connectivity index (χ2n) is 3.56. The summed E-state index contributed by atoms with van der Waals surface area (Å²) in [4.78, 5) is 24.4. The van der Waals surface area contributed by atoms with Crippen molar-refractivity contribution in [3.8, 4) is 0 Å². The summed E-state index contributed by atoms with van der Waals surface area (Å²) in [6.07, 6.45) is 1.80. The second kappa shape index (κ2) is 5.70. The third-order valence-corrected chi connectivity index (χ3v) is 2.71. The van der Waals surface area contributed by atoms with Crippen LogP contribution in [0.25, 0.3) is 0 Å². The lowest BCUT2D eigenvalue weighted by molar-refractivity contribution is -0.159. The third-order valence-electron chi connectivity index (χ3n) is 2.71. The van der Waals surface area contributed by atoms with Gasteiger partial charge in [-0.05, 0) is 32.9 Å². The number of amides is 1. The summed E-state index contributed by atoms with van der Waals surface area (Å²) < 4.78 is 4.44. The maximum absolute atomic E-state index is 11.6. The molecule has 1 aliphatic heterocycles. The zero-order valence-corrected chi connectivity index (χ0v) is 9.28. The molecule has 0 aromatic carbocycles. The van der Waals surface area contributed by atoms with Gasteiger partial charge in [-0.25, -0.2) is 4.79 Å². The van der Waals surface area contributed by atoms with Gasteiger partial charge in [-0.2, -0.15) is 0 Å². The largest absolute Gasteiger partial charge is 0.462 e. The molecule has 0 bridgehead atoms. The average Bonchev–Trinajstić information content (AvgIpc) is 2.30. The Morgan fingerprint density at radius 3 is 2.47 bits per heavy atom. The van der Waals surface area contributed by atoms with E-state index in [1.165, 1.54) is 7.11 Å². The van der Waals surface area contributed by atoms with Crippen LogP contribution in [0.2, 0.25) is 0 Å². The first-order chi connectivity index (χ1) is 7.20. The molecule has 86 valence electrons. The van der Waals surface area contributed by atoms with Crippen molar-refractivity contribution in [1.29, 1.82) is 0 Å². The Labute approximate surface area is 89.8 Å². The molecule has 5 nitrogen and oxygen atoms in total. The zero-order chi connectivity index (χ0) is 11.3. The summed E-state index contributed by atoms with van der Waals surface area (Å²) in [5.41, 5.74) is 0. The van der Waals surface area contributed by atoms with Crippen LogP contribution in [0.1, 0.15) is 19.8 Å². The highest BCUT2D eigenvalue weighted by Gasteiger charge is 2.28. The average molecular weight is 214 g/mol. The lowest BCUT2D eigenvalue weighted by Gasteiger charge is -2.32. The molecule has 1 heterocycles. The van der Waals surface area contributed by atoms with Crippen molar-refractivity contribution in [2.75, 3.05) is 26.7 Å². The summed E-state index contributed by atoms with van der Waals surface area (Å²) in [6.45, 7) is 4.23. The number of nitrogens with one attached hydrogen (secondary N) is 1. The molecular formula is C10H18N2O3. The van der Waals surface area contributed by atoms with Gasteiger partial charge in [0.2, 0.25) is 0 Å². The molecule has 0 unspecified atom stereocenters. The van der Waals surface area contributed by atoms with Crippen LogP contribution in [0.4, 0.5) is 0 Å². The fourth-order valence-electron chi connectivity index (χ4n) is 1.89. The van der Waals surface area contributed by atoms with E-state index in [4.69, 9.17) is 0 Å². The van der Waals surface area contributed by atoms with Crippen LogP contribution in [0.3, 0.4) is 0 Å². The van der Waals surface area contributed by atoms with Crippen molar-refractivity contribution in [1.82, 2.24) is 10.2 Å². The molecule has 1 saturated heterocycles. The molecule has 0 radical (unpaired) electrons. The van der Waals surface area contributed by atoms with Crippen LogP contribution in [-0.2, 0) is 14.3 Å². The topological polar surface area (TPSA) is 58.6 Å². The van der Waals surface area contributed by atoms with E-state index in [1.807, 2.05) is 6.92 Å². The number of likely N-dealkylation sites (N-methyl/N-ethyl adjacent to an activating group) is 1. The maximum Gasteiger partial charge on any atom is 0.396 e. The summed E-state index contributed by atoms with van der Waals surface area (Å²) in [7, 11) is 1.23. The third kappa shape index (κ3) is 2.92. The van der Waals surface area contributed by atoms with Gasteiger partial charge in [0.25, 0.3) is 0 Å². The van der Waals surface area contributed by atoms with Gasteiger partial charge >= 0.3 is 11.9 Å². The van der Waals surface area contributed by atoms with Gasteiger partial charge in [-0.1, -0.05) is 0 Å². The second-order valence-corrected chi connectivity index (χ2v) is 3.56.